The lowest BCUT2D eigenvalue weighted by molar-refractivity contribution is -0.151. The van der Waals surface area contributed by atoms with Crippen molar-refractivity contribution in [1.82, 2.24) is 5.32 Å². The Balaban J connectivity index is 2.71. The van der Waals surface area contributed by atoms with Crippen LogP contribution in [-0.4, -0.2) is 37.2 Å². The number of carbonyl (C=O) groups excluding carboxylic acids is 2. The van der Waals surface area contributed by atoms with Crippen LogP contribution in [0.15, 0.2) is 0 Å². The summed E-state index contributed by atoms with van der Waals surface area (Å²) in [5.74, 6) is -0.262. The first kappa shape index (κ1) is 15.0. The van der Waals surface area contributed by atoms with E-state index in [1.54, 1.807) is 6.92 Å². The summed E-state index contributed by atoms with van der Waals surface area (Å²) in [5, 5.41) is 2.59. The van der Waals surface area contributed by atoms with Crippen molar-refractivity contribution in [2.24, 2.45) is 5.92 Å². The Bertz CT molecular complexity index is 282. The molecule has 1 amide bonds. The molecule has 1 saturated heterocycles. The van der Waals surface area contributed by atoms with Gasteiger partial charge in [-0.05, 0) is 39.0 Å². The van der Waals surface area contributed by atoms with Gasteiger partial charge in [-0.2, -0.15) is 0 Å². The van der Waals surface area contributed by atoms with Crippen LogP contribution < -0.4 is 5.32 Å². The van der Waals surface area contributed by atoms with Crippen molar-refractivity contribution in [3.63, 3.8) is 0 Å². The minimum absolute atomic E-state index is 0.0861. The Morgan fingerprint density at radius 2 is 2.22 bits per heavy atom. The quantitative estimate of drug-likeness (QED) is 0.574. The van der Waals surface area contributed by atoms with E-state index in [9.17, 15) is 9.59 Å². The molecule has 18 heavy (non-hydrogen) atoms. The first-order valence-corrected chi connectivity index (χ1v) is 6.64. The molecule has 1 fully saturated rings. The molecular formula is C13H23NO4. The number of rotatable bonds is 6. The fourth-order valence-electron chi connectivity index (χ4n) is 2.54. The predicted octanol–water partition coefficient (Wildman–Crippen LogP) is 1.26. The van der Waals surface area contributed by atoms with Gasteiger partial charge in [0.15, 0.2) is 0 Å². The summed E-state index contributed by atoms with van der Waals surface area (Å²) in [5.41, 5.74) is 0. The molecule has 0 aromatic heterocycles. The number of amides is 1. The molecular weight excluding hydrogens is 234 g/mol. The molecule has 5 nitrogen and oxygen atoms in total. The number of esters is 1. The van der Waals surface area contributed by atoms with Crippen molar-refractivity contribution in [3.8, 4) is 0 Å². The smallest absolute Gasteiger partial charge is 0.328 e. The lowest BCUT2D eigenvalue weighted by Gasteiger charge is -2.36. The molecule has 1 heterocycles. The molecule has 0 aromatic rings. The van der Waals surface area contributed by atoms with E-state index in [1.807, 2.05) is 6.92 Å². The van der Waals surface area contributed by atoms with Crippen molar-refractivity contribution in [2.45, 2.75) is 58.3 Å². The monoisotopic (exact) mass is 257 g/mol. The van der Waals surface area contributed by atoms with Crippen LogP contribution >= 0.6 is 0 Å². The van der Waals surface area contributed by atoms with E-state index >= 15 is 0 Å². The lowest BCUT2D eigenvalue weighted by Crippen LogP contribution is -2.48. The maximum Gasteiger partial charge on any atom is 0.328 e. The van der Waals surface area contributed by atoms with Gasteiger partial charge in [0.25, 0.3) is 0 Å². The van der Waals surface area contributed by atoms with Crippen molar-refractivity contribution < 1.29 is 19.1 Å². The number of hydrogen-bond donors (Lipinski definition) is 1. The van der Waals surface area contributed by atoms with E-state index in [0.717, 1.165) is 19.3 Å². The molecule has 0 unspecified atom stereocenters. The fraction of sp³-hybridized carbons (Fsp3) is 0.846. The summed E-state index contributed by atoms with van der Waals surface area (Å²) < 4.78 is 10.8. The van der Waals surface area contributed by atoms with Gasteiger partial charge < -0.3 is 14.8 Å². The fourth-order valence-corrected chi connectivity index (χ4v) is 2.54. The van der Waals surface area contributed by atoms with Crippen LogP contribution in [-0.2, 0) is 19.1 Å². The normalized spacial score (nSPS) is 29.4. The molecule has 0 bridgehead atoms. The zero-order valence-corrected chi connectivity index (χ0v) is 11.3. The Morgan fingerprint density at radius 3 is 2.78 bits per heavy atom. The second-order valence-corrected chi connectivity index (χ2v) is 4.72. The SMILES string of the molecule is CCOC(=O)[C@@H](NC=O)[C@@H]1C[C@@H](CC)O[C@H](C)C1. The van der Waals surface area contributed by atoms with Crippen molar-refractivity contribution >= 4 is 12.4 Å². The van der Waals surface area contributed by atoms with Gasteiger partial charge in [0.1, 0.15) is 6.04 Å². The molecule has 1 aliphatic heterocycles. The van der Waals surface area contributed by atoms with Crippen LogP contribution in [0.3, 0.4) is 0 Å². The second-order valence-electron chi connectivity index (χ2n) is 4.72. The van der Waals surface area contributed by atoms with Gasteiger partial charge in [-0.3, -0.25) is 4.79 Å². The number of ether oxygens (including phenoxy) is 2. The molecule has 0 spiro atoms. The maximum atomic E-state index is 11.8. The minimum Gasteiger partial charge on any atom is -0.464 e. The third-order valence-corrected chi connectivity index (χ3v) is 3.34. The van der Waals surface area contributed by atoms with Crippen LogP contribution in [0.1, 0.15) is 40.0 Å². The minimum atomic E-state index is -0.553. The molecule has 4 atom stereocenters. The molecule has 1 rings (SSSR count). The lowest BCUT2D eigenvalue weighted by atomic mass is 9.85. The molecule has 5 heteroatoms. The number of hydrogen-bond acceptors (Lipinski definition) is 4. The Kier molecular flexibility index (Phi) is 6.12. The van der Waals surface area contributed by atoms with Crippen LogP contribution in [0.25, 0.3) is 0 Å². The van der Waals surface area contributed by atoms with E-state index < -0.39 is 6.04 Å². The summed E-state index contributed by atoms with van der Waals surface area (Å²) in [7, 11) is 0. The highest BCUT2D eigenvalue weighted by molar-refractivity contribution is 5.78. The highest BCUT2D eigenvalue weighted by Crippen LogP contribution is 2.29. The van der Waals surface area contributed by atoms with Crippen LogP contribution in [0, 0.1) is 5.92 Å². The highest BCUT2D eigenvalue weighted by Gasteiger charge is 2.35. The van der Waals surface area contributed by atoms with E-state index in [4.69, 9.17) is 9.47 Å². The third-order valence-electron chi connectivity index (χ3n) is 3.34. The van der Waals surface area contributed by atoms with Crippen molar-refractivity contribution in [2.75, 3.05) is 6.61 Å². The Morgan fingerprint density at radius 1 is 1.50 bits per heavy atom. The predicted molar refractivity (Wildman–Crippen MR) is 67.0 cm³/mol. The van der Waals surface area contributed by atoms with Crippen molar-refractivity contribution in [3.05, 3.63) is 0 Å². The highest BCUT2D eigenvalue weighted by atomic mass is 16.5. The Hall–Kier alpha value is -1.10. The summed E-state index contributed by atoms with van der Waals surface area (Å²) in [6, 6.07) is -0.553. The molecule has 1 N–H and O–H groups in total. The molecule has 0 aromatic carbocycles. The molecule has 104 valence electrons. The van der Waals surface area contributed by atoms with E-state index in [2.05, 4.69) is 12.2 Å². The zero-order chi connectivity index (χ0) is 13.5. The van der Waals surface area contributed by atoms with E-state index in [-0.39, 0.29) is 24.1 Å². The average molecular weight is 257 g/mol. The summed E-state index contributed by atoms with van der Waals surface area (Å²) in [6.07, 6.45) is 3.30. The molecule has 0 radical (unpaired) electrons. The average Bonchev–Trinajstić information content (AvgIpc) is 2.35. The van der Waals surface area contributed by atoms with E-state index in [0.29, 0.717) is 13.0 Å². The first-order chi connectivity index (χ1) is 8.62. The number of carbonyl (C=O) groups is 2. The van der Waals surface area contributed by atoms with Gasteiger partial charge >= 0.3 is 5.97 Å². The molecule has 0 saturated carbocycles. The largest absolute Gasteiger partial charge is 0.464 e. The summed E-state index contributed by atoms with van der Waals surface area (Å²) in [4.78, 5) is 22.5. The van der Waals surface area contributed by atoms with Gasteiger partial charge in [0.05, 0.1) is 18.8 Å². The van der Waals surface area contributed by atoms with Crippen molar-refractivity contribution in [1.29, 1.82) is 0 Å². The molecule has 1 aliphatic rings. The second kappa shape index (κ2) is 7.36. The van der Waals surface area contributed by atoms with Crippen LogP contribution in [0.5, 0.6) is 0 Å². The van der Waals surface area contributed by atoms with Gasteiger partial charge in [-0.1, -0.05) is 6.92 Å². The summed E-state index contributed by atoms with van der Waals surface area (Å²) >= 11 is 0. The summed E-state index contributed by atoms with van der Waals surface area (Å²) in [6.45, 7) is 6.15. The zero-order valence-electron chi connectivity index (χ0n) is 11.3. The van der Waals surface area contributed by atoms with Gasteiger partial charge in [-0.25, -0.2) is 4.79 Å². The standard InChI is InChI=1S/C13H23NO4/c1-4-11-7-10(6-9(3)18-11)12(14-8-15)13(16)17-5-2/h8-12H,4-7H2,1-3H3,(H,14,15)/t9-,10+,11-,12+/m1/s1. The molecule has 0 aliphatic carbocycles. The van der Waals surface area contributed by atoms with Gasteiger partial charge in [0.2, 0.25) is 6.41 Å². The number of nitrogens with one attached hydrogen (secondary N) is 1. The van der Waals surface area contributed by atoms with Crippen LogP contribution in [0.2, 0.25) is 0 Å². The topological polar surface area (TPSA) is 64.6 Å². The van der Waals surface area contributed by atoms with Gasteiger partial charge in [0, 0.05) is 0 Å². The first-order valence-electron chi connectivity index (χ1n) is 6.64. The van der Waals surface area contributed by atoms with Crippen LogP contribution in [0.4, 0.5) is 0 Å². The van der Waals surface area contributed by atoms with Gasteiger partial charge in [-0.15, -0.1) is 0 Å². The Labute approximate surface area is 108 Å². The van der Waals surface area contributed by atoms with E-state index in [1.165, 1.54) is 0 Å². The third kappa shape index (κ3) is 3.98. The maximum absolute atomic E-state index is 11.8.